The molecule has 2 aromatic rings. The highest BCUT2D eigenvalue weighted by molar-refractivity contribution is 9.10. The van der Waals surface area contributed by atoms with Crippen molar-refractivity contribution in [3.8, 4) is 0 Å². The molecule has 0 spiro atoms. The number of hydrogen-bond donors (Lipinski definition) is 1. The van der Waals surface area contributed by atoms with Crippen LogP contribution in [0.25, 0.3) is 0 Å². The molecule has 2 N–H and O–H groups in total. The maximum atomic E-state index is 12.2. The standard InChI is InChI=1S/C15H16BrNOS/c1-11-3-2-4-12(5-11)9-19(18)10-13-6-14(16)8-15(17)7-13/h2-8H,9-10,17H2,1H3. The summed E-state index contributed by atoms with van der Waals surface area (Å²) in [6.45, 7) is 2.04. The number of hydrogen-bond acceptors (Lipinski definition) is 2. The minimum absolute atomic E-state index is 0.525. The summed E-state index contributed by atoms with van der Waals surface area (Å²) in [7, 11) is -0.923. The lowest BCUT2D eigenvalue weighted by Crippen LogP contribution is -2.00. The fourth-order valence-electron chi connectivity index (χ4n) is 1.98. The zero-order chi connectivity index (χ0) is 13.8. The Morgan fingerprint density at radius 3 is 2.53 bits per heavy atom. The van der Waals surface area contributed by atoms with Crippen molar-refractivity contribution in [1.29, 1.82) is 0 Å². The Bertz CT molecular complexity index is 593. The van der Waals surface area contributed by atoms with Crippen LogP contribution in [-0.2, 0) is 22.3 Å². The van der Waals surface area contributed by atoms with Crippen LogP contribution < -0.4 is 5.73 Å². The summed E-state index contributed by atoms with van der Waals surface area (Å²) in [6.07, 6.45) is 0. The maximum Gasteiger partial charge on any atom is 0.0490 e. The van der Waals surface area contributed by atoms with Crippen molar-refractivity contribution in [1.82, 2.24) is 0 Å². The van der Waals surface area contributed by atoms with E-state index >= 15 is 0 Å². The quantitative estimate of drug-likeness (QED) is 0.862. The SMILES string of the molecule is Cc1cccc(CS(=O)Cc2cc(N)cc(Br)c2)c1. The first-order valence-electron chi connectivity index (χ1n) is 5.98. The Balaban J connectivity index is 2.05. The Morgan fingerprint density at radius 1 is 1.11 bits per heavy atom. The van der Waals surface area contributed by atoms with Crippen LogP contribution in [0.4, 0.5) is 5.69 Å². The molecule has 0 aliphatic carbocycles. The lowest BCUT2D eigenvalue weighted by Gasteiger charge is -2.06. The Morgan fingerprint density at radius 2 is 1.84 bits per heavy atom. The zero-order valence-electron chi connectivity index (χ0n) is 10.7. The monoisotopic (exact) mass is 337 g/mol. The van der Waals surface area contributed by atoms with Crippen molar-refractivity contribution in [3.05, 3.63) is 63.6 Å². The van der Waals surface area contributed by atoms with Gasteiger partial charge < -0.3 is 5.73 Å². The number of anilines is 1. The molecular formula is C15H16BrNOS. The van der Waals surface area contributed by atoms with Crippen molar-refractivity contribution in [2.24, 2.45) is 0 Å². The summed E-state index contributed by atoms with van der Waals surface area (Å²) in [6, 6.07) is 13.8. The third-order valence-electron chi connectivity index (χ3n) is 2.72. The van der Waals surface area contributed by atoms with Crippen LogP contribution in [0.1, 0.15) is 16.7 Å². The van der Waals surface area contributed by atoms with Crippen molar-refractivity contribution in [2.75, 3.05) is 5.73 Å². The summed E-state index contributed by atoms with van der Waals surface area (Å²) >= 11 is 3.40. The van der Waals surface area contributed by atoms with E-state index in [2.05, 4.69) is 22.0 Å². The molecule has 1 unspecified atom stereocenters. The molecule has 2 aromatic carbocycles. The number of aryl methyl sites for hydroxylation is 1. The predicted molar refractivity (Wildman–Crippen MR) is 85.3 cm³/mol. The van der Waals surface area contributed by atoms with E-state index in [1.54, 1.807) is 0 Å². The highest BCUT2D eigenvalue weighted by Crippen LogP contribution is 2.19. The van der Waals surface area contributed by atoms with Crippen LogP contribution in [0.15, 0.2) is 46.9 Å². The lowest BCUT2D eigenvalue weighted by atomic mass is 10.2. The molecule has 2 nitrogen and oxygen atoms in total. The fourth-order valence-corrected chi connectivity index (χ4v) is 3.73. The van der Waals surface area contributed by atoms with E-state index in [1.807, 2.05) is 43.3 Å². The first-order valence-corrected chi connectivity index (χ1v) is 8.26. The van der Waals surface area contributed by atoms with Crippen LogP contribution >= 0.6 is 15.9 Å². The van der Waals surface area contributed by atoms with Gasteiger partial charge in [0.15, 0.2) is 0 Å². The van der Waals surface area contributed by atoms with Crippen LogP contribution in [0.5, 0.6) is 0 Å². The van der Waals surface area contributed by atoms with E-state index < -0.39 is 10.8 Å². The molecule has 0 aliphatic rings. The van der Waals surface area contributed by atoms with E-state index in [0.29, 0.717) is 17.2 Å². The lowest BCUT2D eigenvalue weighted by molar-refractivity contribution is 0.682. The molecule has 0 heterocycles. The van der Waals surface area contributed by atoms with Crippen LogP contribution in [0, 0.1) is 6.92 Å². The number of nitrogen functional groups attached to an aromatic ring is 1. The molecule has 2 rings (SSSR count). The van der Waals surface area contributed by atoms with Crippen molar-refractivity contribution < 1.29 is 4.21 Å². The summed E-state index contributed by atoms with van der Waals surface area (Å²) in [5.41, 5.74) is 9.78. The second kappa shape index (κ2) is 6.35. The molecule has 100 valence electrons. The molecule has 0 aromatic heterocycles. The zero-order valence-corrected chi connectivity index (χ0v) is 13.1. The van der Waals surface area contributed by atoms with E-state index in [9.17, 15) is 4.21 Å². The van der Waals surface area contributed by atoms with Gasteiger partial charge in [-0.15, -0.1) is 0 Å². The van der Waals surface area contributed by atoms with Gasteiger partial charge in [0.05, 0.1) is 0 Å². The van der Waals surface area contributed by atoms with Crippen LogP contribution in [0.2, 0.25) is 0 Å². The number of halogens is 1. The molecule has 0 radical (unpaired) electrons. The van der Waals surface area contributed by atoms with Gasteiger partial charge in [-0.25, -0.2) is 0 Å². The highest BCUT2D eigenvalue weighted by Gasteiger charge is 2.05. The molecule has 0 fully saturated rings. The van der Waals surface area contributed by atoms with E-state index in [1.165, 1.54) is 5.56 Å². The van der Waals surface area contributed by atoms with E-state index in [4.69, 9.17) is 5.73 Å². The van der Waals surface area contributed by atoms with E-state index in [0.717, 1.165) is 15.6 Å². The summed E-state index contributed by atoms with van der Waals surface area (Å²) in [5, 5.41) is 0. The number of nitrogens with two attached hydrogens (primary N) is 1. The minimum atomic E-state index is -0.923. The summed E-state index contributed by atoms with van der Waals surface area (Å²) < 4.78 is 13.1. The molecule has 1 atom stereocenters. The first kappa shape index (κ1) is 14.3. The Kier molecular flexibility index (Phi) is 4.77. The third kappa shape index (κ3) is 4.48. The molecule has 4 heteroatoms. The van der Waals surface area contributed by atoms with Crippen molar-refractivity contribution in [2.45, 2.75) is 18.4 Å². The molecular weight excluding hydrogens is 322 g/mol. The van der Waals surface area contributed by atoms with Gasteiger partial charge in [0.1, 0.15) is 0 Å². The number of rotatable bonds is 4. The Labute approximate surface area is 124 Å². The van der Waals surface area contributed by atoms with Gasteiger partial charge in [0.2, 0.25) is 0 Å². The molecule has 0 aliphatic heterocycles. The number of benzene rings is 2. The largest absolute Gasteiger partial charge is 0.399 e. The van der Waals surface area contributed by atoms with Gasteiger partial charge in [0.25, 0.3) is 0 Å². The fraction of sp³-hybridized carbons (Fsp3) is 0.200. The topological polar surface area (TPSA) is 43.1 Å². The smallest absolute Gasteiger partial charge is 0.0490 e. The average Bonchev–Trinajstić information content (AvgIpc) is 2.26. The molecule has 0 saturated heterocycles. The Hall–Kier alpha value is -1.13. The second-order valence-corrected chi connectivity index (χ2v) is 6.98. The van der Waals surface area contributed by atoms with Crippen molar-refractivity contribution in [3.63, 3.8) is 0 Å². The van der Waals surface area contributed by atoms with Gasteiger partial charge in [0, 0.05) is 32.5 Å². The van der Waals surface area contributed by atoms with Crippen LogP contribution in [-0.4, -0.2) is 4.21 Å². The maximum absolute atomic E-state index is 12.2. The third-order valence-corrected chi connectivity index (χ3v) is 4.49. The first-order chi connectivity index (χ1) is 9.02. The highest BCUT2D eigenvalue weighted by atomic mass is 79.9. The van der Waals surface area contributed by atoms with Gasteiger partial charge in [-0.3, -0.25) is 4.21 Å². The van der Waals surface area contributed by atoms with Gasteiger partial charge in [-0.05, 0) is 36.2 Å². The average molecular weight is 338 g/mol. The van der Waals surface area contributed by atoms with Gasteiger partial charge >= 0.3 is 0 Å². The summed E-state index contributed by atoms with van der Waals surface area (Å²) in [5.74, 6) is 1.10. The second-order valence-electron chi connectivity index (χ2n) is 4.61. The predicted octanol–water partition coefficient (Wildman–Crippen LogP) is 3.79. The minimum Gasteiger partial charge on any atom is -0.399 e. The summed E-state index contributed by atoms with van der Waals surface area (Å²) in [4.78, 5) is 0. The van der Waals surface area contributed by atoms with E-state index in [-0.39, 0.29) is 0 Å². The van der Waals surface area contributed by atoms with Gasteiger partial charge in [-0.2, -0.15) is 0 Å². The van der Waals surface area contributed by atoms with Crippen molar-refractivity contribution >= 4 is 32.4 Å². The normalized spacial score (nSPS) is 12.3. The van der Waals surface area contributed by atoms with Crippen LogP contribution in [0.3, 0.4) is 0 Å². The molecule has 0 amide bonds. The van der Waals surface area contributed by atoms with Gasteiger partial charge in [-0.1, -0.05) is 45.8 Å². The molecule has 0 bridgehead atoms. The molecule has 0 saturated carbocycles. The molecule has 19 heavy (non-hydrogen) atoms.